The smallest absolute Gasteiger partial charge is 0.160 e. The maximum absolute atomic E-state index is 5.64. The van der Waals surface area contributed by atoms with Crippen molar-refractivity contribution in [3.05, 3.63) is 48.8 Å². The lowest BCUT2D eigenvalue weighted by atomic mass is 10.1. The van der Waals surface area contributed by atoms with E-state index in [0.29, 0.717) is 0 Å². The molecule has 0 N–H and O–H groups in total. The Bertz CT molecular complexity index is 745. The zero-order chi connectivity index (χ0) is 15.5. The molecular weight excluding hydrogens is 276 g/mol. The minimum Gasteiger partial charge on any atom is -0.491 e. The number of nitrogens with zero attached hydrogens (tertiary/aromatic N) is 4. The van der Waals surface area contributed by atoms with Crippen LogP contribution in [-0.4, -0.2) is 25.9 Å². The van der Waals surface area contributed by atoms with E-state index in [0.717, 1.165) is 28.5 Å². The molecule has 0 bridgehead atoms. The van der Waals surface area contributed by atoms with Gasteiger partial charge in [-0.2, -0.15) is 0 Å². The Balaban J connectivity index is 1.82. The third-order valence-corrected chi connectivity index (χ3v) is 3.24. The number of rotatable bonds is 4. The summed E-state index contributed by atoms with van der Waals surface area (Å²) in [4.78, 5) is 4.27. The lowest BCUT2D eigenvalue weighted by Crippen LogP contribution is -2.05. The van der Waals surface area contributed by atoms with E-state index in [9.17, 15) is 0 Å². The molecule has 0 unspecified atom stereocenters. The molecule has 0 fully saturated rings. The maximum atomic E-state index is 5.64. The molecule has 2 aromatic heterocycles. The van der Waals surface area contributed by atoms with Crippen molar-refractivity contribution < 1.29 is 4.74 Å². The number of hydrogen-bond acceptors (Lipinski definition) is 4. The molecule has 1 aromatic carbocycles. The molecule has 0 saturated heterocycles. The highest BCUT2D eigenvalue weighted by Crippen LogP contribution is 2.22. The van der Waals surface area contributed by atoms with E-state index < -0.39 is 0 Å². The molecule has 0 atom stereocenters. The van der Waals surface area contributed by atoms with Gasteiger partial charge in [0.15, 0.2) is 5.82 Å². The Hall–Kier alpha value is -2.69. The molecule has 5 nitrogen and oxygen atoms in total. The van der Waals surface area contributed by atoms with Crippen LogP contribution in [0, 0.1) is 0 Å². The molecule has 2 heterocycles. The van der Waals surface area contributed by atoms with Gasteiger partial charge in [-0.15, -0.1) is 10.2 Å². The van der Waals surface area contributed by atoms with Crippen molar-refractivity contribution in [3.63, 3.8) is 0 Å². The molecule has 5 heteroatoms. The number of imidazole rings is 1. The monoisotopic (exact) mass is 294 g/mol. The molecule has 0 spiro atoms. The summed E-state index contributed by atoms with van der Waals surface area (Å²) in [6, 6.07) is 11.8. The Kier molecular flexibility index (Phi) is 3.87. The summed E-state index contributed by atoms with van der Waals surface area (Å²) in [6.45, 7) is 4.02. The number of hydrogen-bond donors (Lipinski definition) is 0. The van der Waals surface area contributed by atoms with Gasteiger partial charge in [-0.1, -0.05) is 0 Å². The van der Waals surface area contributed by atoms with Crippen LogP contribution in [-0.2, 0) is 7.05 Å². The normalized spacial score (nSPS) is 10.9. The fourth-order valence-corrected chi connectivity index (χ4v) is 2.19. The molecule has 0 radical (unpaired) electrons. The molecule has 0 amide bonds. The second-order valence-corrected chi connectivity index (χ2v) is 5.36. The van der Waals surface area contributed by atoms with Gasteiger partial charge in [-0.3, -0.25) is 0 Å². The lowest BCUT2D eigenvalue weighted by molar-refractivity contribution is 0.242. The van der Waals surface area contributed by atoms with Crippen molar-refractivity contribution in [2.45, 2.75) is 20.0 Å². The highest BCUT2D eigenvalue weighted by molar-refractivity contribution is 5.61. The largest absolute Gasteiger partial charge is 0.491 e. The van der Waals surface area contributed by atoms with Gasteiger partial charge in [0.2, 0.25) is 0 Å². The molecule has 0 aliphatic carbocycles. The van der Waals surface area contributed by atoms with E-state index >= 15 is 0 Å². The van der Waals surface area contributed by atoms with E-state index in [1.54, 1.807) is 6.20 Å². The van der Waals surface area contributed by atoms with Gasteiger partial charge in [0.05, 0.1) is 11.8 Å². The number of aromatic nitrogens is 4. The Morgan fingerprint density at radius 1 is 0.955 bits per heavy atom. The third-order valence-electron chi connectivity index (χ3n) is 3.24. The van der Waals surface area contributed by atoms with Crippen LogP contribution in [0.25, 0.3) is 22.8 Å². The van der Waals surface area contributed by atoms with E-state index in [-0.39, 0.29) is 6.10 Å². The molecule has 0 aliphatic rings. The topological polar surface area (TPSA) is 52.8 Å². The van der Waals surface area contributed by atoms with Crippen LogP contribution in [0.4, 0.5) is 0 Å². The fraction of sp³-hybridized carbons (Fsp3) is 0.235. The van der Waals surface area contributed by atoms with Gasteiger partial charge in [0, 0.05) is 25.0 Å². The number of benzene rings is 1. The summed E-state index contributed by atoms with van der Waals surface area (Å²) in [5, 5.41) is 8.56. The molecule has 3 rings (SSSR count). The number of ether oxygens (including phenoxy) is 1. The fourth-order valence-electron chi connectivity index (χ4n) is 2.19. The quantitative estimate of drug-likeness (QED) is 0.740. The van der Waals surface area contributed by atoms with Crippen LogP contribution < -0.4 is 4.74 Å². The summed E-state index contributed by atoms with van der Waals surface area (Å²) in [7, 11) is 1.94. The molecule has 0 aliphatic heterocycles. The average molecular weight is 294 g/mol. The standard InChI is InChI=1S/C17H18N4O/c1-12(2)22-14-6-4-13(5-7-14)15-8-9-16(20-19-15)17-18-10-11-21(17)3/h4-12H,1-3H3. The van der Waals surface area contributed by atoms with Crippen molar-refractivity contribution in [1.82, 2.24) is 19.7 Å². The summed E-state index contributed by atoms with van der Waals surface area (Å²) in [5.41, 5.74) is 2.60. The highest BCUT2D eigenvalue weighted by atomic mass is 16.5. The first-order valence-electron chi connectivity index (χ1n) is 7.22. The Labute approximate surface area is 129 Å². The first-order valence-corrected chi connectivity index (χ1v) is 7.22. The molecule has 22 heavy (non-hydrogen) atoms. The van der Waals surface area contributed by atoms with Gasteiger partial charge in [0.1, 0.15) is 11.4 Å². The SMILES string of the molecule is CC(C)Oc1ccc(-c2ccc(-c3nccn3C)nn2)cc1. The zero-order valence-electron chi connectivity index (χ0n) is 12.9. The predicted molar refractivity (Wildman–Crippen MR) is 85.4 cm³/mol. The summed E-state index contributed by atoms with van der Waals surface area (Å²) < 4.78 is 7.56. The van der Waals surface area contributed by atoms with Crippen molar-refractivity contribution in [2.24, 2.45) is 7.05 Å². The molecular formula is C17H18N4O. The van der Waals surface area contributed by atoms with E-state index in [1.165, 1.54) is 0 Å². The van der Waals surface area contributed by atoms with Crippen LogP contribution in [0.2, 0.25) is 0 Å². The second-order valence-electron chi connectivity index (χ2n) is 5.36. The van der Waals surface area contributed by atoms with Crippen LogP contribution in [0.3, 0.4) is 0 Å². The third kappa shape index (κ3) is 2.98. The van der Waals surface area contributed by atoms with E-state index in [1.807, 2.05) is 68.1 Å². The highest BCUT2D eigenvalue weighted by Gasteiger charge is 2.07. The molecule has 0 saturated carbocycles. The van der Waals surface area contributed by atoms with Crippen LogP contribution in [0.1, 0.15) is 13.8 Å². The van der Waals surface area contributed by atoms with Gasteiger partial charge in [-0.25, -0.2) is 4.98 Å². The Morgan fingerprint density at radius 3 is 2.18 bits per heavy atom. The number of aryl methyl sites for hydroxylation is 1. The van der Waals surface area contributed by atoms with Crippen molar-refractivity contribution in [3.8, 4) is 28.5 Å². The van der Waals surface area contributed by atoms with Gasteiger partial charge < -0.3 is 9.30 Å². The van der Waals surface area contributed by atoms with Gasteiger partial charge >= 0.3 is 0 Å². The van der Waals surface area contributed by atoms with E-state index in [4.69, 9.17) is 4.74 Å². The summed E-state index contributed by atoms with van der Waals surface area (Å²) in [5.74, 6) is 1.66. The second kappa shape index (κ2) is 5.97. The predicted octanol–water partition coefficient (Wildman–Crippen LogP) is 3.33. The van der Waals surface area contributed by atoms with E-state index in [2.05, 4.69) is 15.2 Å². The summed E-state index contributed by atoms with van der Waals surface area (Å²) in [6.07, 6.45) is 3.80. The molecule has 3 aromatic rings. The van der Waals surface area contributed by atoms with Crippen LogP contribution in [0.5, 0.6) is 5.75 Å². The lowest BCUT2D eigenvalue weighted by Gasteiger charge is -2.09. The van der Waals surface area contributed by atoms with Crippen LogP contribution in [0.15, 0.2) is 48.8 Å². The first-order chi connectivity index (χ1) is 10.6. The minimum absolute atomic E-state index is 0.169. The Morgan fingerprint density at radius 2 is 1.64 bits per heavy atom. The minimum atomic E-state index is 0.169. The van der Waals surface area contributed by atoms with Crippen molar-refractivity contribution in [2.75, 3.05) is 0 Å². The molecule has 112 valence electrons. The van der Waals surface area contributed by atoms with Gasteiger partial charge in [0.25, 0.3) is 0 Å². The van der Waals surface area contributed by atoms with Crippen molar-refractivity contribution in [1.29, 1.82) is 0 Å². The van der Waals surface area contributed by atoms with Gasteiger partial charge in [-0.05, 0) is 50.2 Å². The van der Waals surface area contributed by atoms with Crippen molar-refractivity contribution >= 4 is 0 Å². The first kappa shape index (κ1) is 14.3. The van der Waals surface area contributed by atoms with Crippen LogP contribution >= 0.6 is 0 Å². The average Bonchev–Trinajstić information content (AvgIpc) is 2.94. The summed E-state index contributed by atoms with van der Waals surface area (Å²) >= 11 is 0. The maximum Gasteiger partial charge on any atom is 0.160 e. The zero-order valence-corrected chi connectivity index (χ0v) is 12.9.